The molecule has 1 N–H and O–H groups in total. The van der Waals surface area contributed by atoms with Gasteiger partial charge in [-0.15, -0.1) is 0 Å². The Hall–Kier alpha value is -4.34. The van der Waals surface area contributed by atoms with E-state index in [1.54, 1.807) is 44.7 Å². The Morgan fingerprint density at radius 2 is 2.00 bits per heavy atom. The number of ketones is 1. The van der Waals surface area contributed by atoms with Crippen LogP contribution in [0.2, 0.25) is 0 Å². The topological polar surface area (TPSA) is 123 Å². The molecule has 39 heavy (non-hydrogen) atoms. The largest absolute Gasteiger partial charge is 0.453 e. The Kier molecular flexibility index (Phi) is 10.1. The minimum atomic E-state index is -0.877. The molecule has 3 rings (SSSR count). The fourth-order valence-electron chi connectivity index (χ4n) is 4.15. The summed E-state index contributed by atoms with van der Waals surface area (Å²) in [6.07, 6.45) is 8.82. The molecule has 3 heterocycles. The molecule has 0 unspecified atom stereocenters. The Labute approximate surface area is 228 Å². The number of allylic oxidation sites excluding steroid dienone is 2. The van der Waals surface area contributed by atoms with Gasteiger partial charge in [-0.1, -0.05) is 23.8 Å². The molecular formula is C29H35N5O5. The number of hydrogen-bond acceptors (Lipinski definition) is 7. The van der Waals surface area contributed by atoms with Crippen molar-refractivity contribution in [2.75, 3.05) is 21.2 Å². The van der Waals surface area contributed by atoms with E-state index in [1.165, 1.54) is 22.7 Å². The first-order valence-electron chi connectivity index (χ1n) is 12.7. The first kappa shape index (κ1) is 29.2. The lowest BCUT2D eigenvalue weighted by Gasteiger charge is -2.16. The summed E-state index contributed by atoms with van der Waals surface area (Å²) in [4.78, 5) is 60.6. The van der Waals surface area contributed by atoms with Crippen molar-refractivity contribution in [3.63, 3.8) is 0 Å². The van der Waals surface area contributed by atoms with E-state index < -0.39 is 12.1 Å². The average Bonchev–Trinajstić information content (AvgIpc) is 3.31. The van der Waals surface area contributed by atoms with Crippen LogP contribution < -0.4 is 10.9 Å². The Balaban J connectivity index is 1.73. The van der Waals surface area contributed by atoms with Gasteiger partial charge >= 0.3 is 6.09 Å². The summed E-state index contributed by atoms with van der Waals surface area (Å²) in [5.41, 5.74) is 4.67. The number of fused-ring (bicyclic) bond motifs is 1. The first-order valence-corrected chi connectivity index (χ1v) is 12.7. The van der Waals surface area contributed by atoms with Crippen LogP contribution in [0.25, 0.3) is 6.08 Å². The molecule has 0 saturated heterocycles. The van der Waals surface area contributed by atoms with Gasteiger partial charge in [-0.05, 0) is 44.9 Å². The normalized spacial score (nSPS) is 12.9. The van der Waals surface area contributed by atoms with Crippen LogP contribution in [0.5, 0.6) is 0 Å². The van der Waals surface area contributed by atoms with Crippen molar-refractivity contribution in [3.8, 4) is 0 Å². The minimum Gasteiger partial charge on any atom is -0.453 e. The summed E-state index contributed by atoms with van der Waals surface area (Å²) in [6, 6.07) is 4.38. The zero-order valence-electron chi connectivity index (χ0n) is 23.1. The molecule has 0 spiro atoms. The van der Waals surface area contributed by atoms with E-state index in [1.807, 2.05) is 19.9 Å². The lowest BCUT2D eigenvalue weighted by atomic mass is 10.0. The van der Waals surface area contributed by atoms with Crippen LogP contribution in [0.3, 0.4) is 0 Å². The van der Waals surface area contributed by atoms with Crippen LogP contribution in [0.15, 0.2) is 58.1 Å². The van der Waals surface area contributed by atoms with Gasteiger partial charge in [0.05, 0.1) is 31.1 Å². The summed E-state index contributed by atoms with van der Waals surface area (Å²) >= 11 is 0. The predicted molar refractivity (Wildman–Crippen MR) is 150 cm³/mol. The third-order valence-corrected chi connectivity index (χ3v) is 6.12. The van der Waals surface area contributed by atoms with Gasteiger partial charge < -0.3 is 19.5 Å². The van der Waals surface area contributed by atoms with Crippen molar-refractivity contribution in [2.24, 2.45) is 4.99 Å². The van der Waals surface area contributed by atoms with Crippen molar-refractivity contribution < 1.29 is 19.1 Å². The lowest BCUT2D eigenvalue weighted by molar-refractivity contribution is -0.123. The number of ether oxygens (including phenoxy) is 1. The number of carbonyl (C=O) groups excluding carboxylic acids is 3. The van der Waals surface area contributed by atoms with Gasteiger partial charge in [0.1, 0.15) is 0 Å². The summed E-state index contributed by atoms with van der Waals surface area (Å²) in [7, 11) is 4.49. The number of methoxy groups -OCH3 is 1. The zero-order chi connectivity index (χ0) is 28.5. The first-order chi connectivity index (χ1) is 18.6. The fraction of sp³-hybridized carbons (Fsp3) is 0.379. The average molecular weight is 534 g/mol. The number of alkyl carbamates (subject to hydrolysis) is 1. The van der Waals surface area contributed by atoms with Crippen LogP contribution in [0.1, 0.15) is 43.5 Å². The van der Waals surface area contributed by atoms with Crippen LogP contribution in [-0.4, -0.2) is 65.2 Å². The molecule has 0 fully saturated rings. The highest BCUT2D eigenvalue weighted by molar-refractivity contribution is 5.95. The number of likely N-dealkylation sites (N-methyl/N-ethyl adjacent to an activating group) is 1. The van der Waals surface area contributed by atoms with E-state index >= 15 is 0 Å². The molecule has 2 amide bonds. The number of pyridine rings is 2. The standard InChI is InChI=1S/C29H35N5O5/c1-19(2)15-20-12-13-30-24-17-22(31-27(20)24)18-34-14-8-9-21(28(34)37)16-25(35)23(32-29(38)39-5)10-6-7-11-26(36)33(3)4/h7-9,11-15,23H,6,10,16-18H2,1-5H3,(H,32,38)/b11-7+/t23-/m0/s1. The number of Topliss-reactive ketones (excluding diaryl/α,β-unsaturated/α-hetero) is 1. The Morgan fingerprint density at radius 3 is 2.69 bits per heavy atom. The van der Waals surface area contributed by atoms with Gasteiger partial charge in [0.2, 0.25) is 5.91 Å². The van der Waals surface area contributed by atoms with E-state index in [-0.39, 0.29) is 36.6 Å². The number of carbonyl (C=O) groups is 3. The second-order valence-corrected chi connectivity index (χ2v) is 9.78. The smallest absolute Gasteiger partial charge is 0.407 e. The quantitative estimate of drug-likeness (QED) is 0.443. The number of nitrogens with one attached hydrogen (secondary N) is 1. The number of rotatable bonds is 11. The highest BCUT2D eigenvalue weighted by atomic mass is 16.5. The lowest BCUT2D eigenvalue weighted by Crippen LogP contribution is -2.42. The molecule has 1 aliphatic rings. The van der Waals surface area contributed by atoms with Crippen LogP contribution >= 0.6 is 0 Å². The molecule has 206 valence electrons. The maximum atomic E-state index is 13.2. The molecule has 1 atom stereocenters. The Morgan fingerprint density at radius 1 is 1.23 bits per heavy atom. The number of aromatic nitrogens is 2. The zero-order valence-corrected chi connectivity index (χ0v) is 23.1. The van der Waals surface area contributed by atoms with Crippen LogP contribution in [0.4, 0.5) is 10.5 Å². The van der Waals surface area contributed by atoms with Crippen molar-refractivity contribution in [2.45, 2.75) is 52.1 Å². The number of aliphatic imine (C=N–C) groups is 1. The highest BCUT2D eigenvalue weighted by Gasteiger charge is 2.23. The Bertz CT molecular complexity index is 1380. The third-order valence-electron chi connectivity index (χ3n) is 6.12. The van der Waals surface area contributed by atoms with Gasteiger partial charge in [0.25, 0.3) is 5.56 Å². The maximum absolute atomic E-state index is 13.2. The van der Waals surface area contributed by atoms with E-state index in [4.69, 9.17) is 4.99 Å². The molecule has 2 aromatic rings. The SMILES string of the molecule is COC(=O)N[C@@H](CC/C=C/C(=O)N(C)C)C(=O)Cc1cccn(CC2=Nc3c(C=C(C)C)ccnc3C2)c1=O. The molecule has 10 nitrogen and oxygen atoms in total. The van der Waals surface area contributed by atoms with E-state index in [0.717, 1.165) is 28.2 Å². The maximum Gasteiger partial charge on any atom is 0.407 e. The second kappa shape index (κ2) is 13.5. The van der Waals surface area contributed by atoms with Gasteiger partial charge in [-0.2, -0.15) is 0 Å². The van der Waals surface area contributed by atoms with Gasteiger partial charge in [-0.25, -0.2) is 4.79 Å². The summed E-state index contributed by atoms with van der Waals surface area (Å²) < 4.78 is 6.20. The van der Waals surface area contributed by atoms with Crippen LogP contribution in [0, 0.1) is 0 Å². The minimum absolute atomic E-state index is 0.159. The highest BCUT2D eigenvalue weighted by Crippen LogP contribution is 2.30. The van der Waals surface area contributed by atoms with Crippen molar-refractivity contribution in [1.29, 1.82) is 0 Å². The van der Waals surface area contributed by atoms with Crippen molar-refractivity contribution in [1.82, 2.24) is 19.8 Å². The van der Waals surface area contributed by atoms with Gasteiger partial charge in [0.15, 0.2) is 5.78 Å². The van der Waals surface area contributed by atoms with Crippen molar-refractivity contribution in [3.05, 3.63) is 75.5 Å². The molecule has 0 aromatic carbocycles. The van der Waals surface area contributed by atoms with E-state index in [2.05, 4.69) is 21.1 Å². The molecule has 0 bridgehead atoms. The fourth-order valence-corrected chi connectivity index (χ4v) is 4.15. The summed E-state index contributed by atoms with van der Waals surface area (Å²) in [6.45, 7) is 4.32. The van der Waals surface area contributed by atoms with Crippen molar-refractivity contribution >= 4 is 35.3 Å². The molecule has 0 radical (unpaired) electrons. The van der Waals surface area contributed by atoms with Gasteiger partial charge in [-0.3, -0.25) is 24.4 Å². The van der Waals surface area contributed by atoms with Gasteiger partial charge in [0, 0.05) is 56.2 Å². The molecular weight excluding hydrogens is 498 g/mol. The predicted octanol–water partition coefficient (Wildman–Crippen LogP) is 3.26. The number of hydrogen-bond donors (Lipinski definition) is 1. The molecule has 0 saturated carbocycles. The summed E-state index contributed by atoms with van der Waals surface area (Å²) in [5.74, 6) is -0.508. The second-order valence-electron chi connectivity index (χ2n) is 9.78. The monoisotopic (exact) mass is 533 g/mol. The third kappa shape index (κ3) is 8.07. The van der Waals surface area contributed by atoms with Crippen LogP contribution in [-0.2, 0) is 33.7 Å². The number of nitrogens with zero attached hydrogens (tertiary/aromatic N) is 4. The summed E-state index contributed by atoms with van der Waals surface area (Å²) in [5, 5.41) is 2.54. The van der Waals surface area contributed by atoms with E-state index in [9.17, 15) is 19.2 Å². The molecule has 10 heteroatoms. The van der Waals surface area contributed by atoms with E-state index in [0.29, 0.717) is 18.4 Å². The number of amides is 2. The molecule has 1 aliphatic heterocycles. The molecule has 2 aromatic heterocycles. The molecule has 0 aliphatic carbocycles.